The van der Waals surface area contributed by atoms with Gasteiger partial charge in [0.05, 0.1) is 19.2 Å². The molecule has 112 valence electrons. The van der Waals surface area contributed by atoms with Crippen LogP contribution in [0.15, 0.2) is 24.3 Å². The number of amides is 2. The summed E-state index contributed by atoms with van der Waals surface area (Å²) in [4.78, 5) is 24.6. The van der Waals surface area contributed by atoms with E-state index in [1.54, 1.807) is 0 Å². The number of rotatable bonds is 2. The van der Waals surface area contributed by atoms with Gasteiger partial charge in [-0.3, -0.25) is 0 Å². The lowest BCUT2D eigenvalue weighted by molar-refractivity contribution is -0.154. The van der Waals surface area contributed by atoms with Crippen LogP contribution in [-0.4, -0.2) is 54.4 Å². The van der Waals surface area contributed by atoms with Crippen LogP contribution in [0.2, 0.25) is 0 Å². The SMILES string of the molecule is O=C(O)C1CN(C(=O)NC2COc3ccccc32)CCO1. The smallest absolute Gasteiger partial charge is 0.334 e. The number of urea groups is 1. The lowest BCUT2D eigenvalue weighted by Crippen LogP contribution is -2.52. The minimum atomic E-state index is -1.05. The quantitative estimate of drug-likeness (QED) is 0.834. The number of carboxylic acids is 1. The minimum Gasteiger partial charge on any atom is -0.491 e. The molecule has 2 atom stereocenters. The number of benzene rings is 1. The summed E-state index contributed by atoms with van der Waals surface area (Å²) in [7, 11) is 0. The fourth-order valence-electron chi connectivity index (χ4n) is 2.51. The van der Waals surface area contributed by atoms with Crippen LogP contribution in [0.25, 0.3) is 0 Å². The normalized spacial score (nSPS) is 24.1. The number of hydrogen-bond donors (Lipinski definition) is 2. The van der Waals surface area contributed by atoms with E-state index in [0.29, 0.717) is 13.2 Å². The highest BCUT2D eigenvalue weighted by atomic mass is 16.5. The number of aliphatic carboxylic acids is 1. The van der Waals surface area contributed by atoms with Gasteiger partial charge in [-0.2, -0.15) is 0 Å². The Kier molecular flexibility index (Phi) is 3.66. The summed E-state index contributed by atoms with van der Waals surface area (Å²) in [6, 6.07) is 7.03. The molecule has 7 heteroatoms. The lowest BCUT2D eigenvalue weighted by Gasteiger charge is -2.31. The first kappa shape index (κ1) is 13.7. The van der Waals surface area contributed by atoms with Crippen LogP contribution >= 0.6 is 0 Å². The molecule has 1 aromatic carbocycles. The molecule has 2 amide bonds. The first-order chi connectivity index (χ1) is 10.1. The van der Waals surface area contributed by atoms with Crippen molar-refractivity contribution >= 4 is 12.0 Å². The van der Waals surface area contributed by atoms with Gasteiger partial charge < -0.3 is 24.8 Å². The van der Waals surface area contributed by atoms with Crippen molar-refractivity contribution in [3.63, 3.8) is 0 Å². The number of nitrogens with one attached hydrogen (secondary N) is 1. The van der Waals surface area contributed by atoms with Gasteiger partial charge in [-0.05, 0) is 6.07 Å². The average Bonchev–Trinajstić information content (AvgIpc) is 2.91. The Morgan fingerprint density at radius 2 is 2.14 bits per heavy atom. The van der Waals surface area contributed by atoms with E-state index in [1.165, 1.54) is 4.90 Å². The number of carbonyl (C=O) groups is 2. The molecular formula is C14H16N2O5. The summed E-state index contributed by atoms with van der Waals surface area (Å²) in [5, 5.41) is 11.8. The lowest BCUT2D eigenvalue weighted by atomic mass is 10.1. The van der Waals surface area contributed by atoms with Gasteiger partial charge in [0.25, 0.3) is 0 Å². The zero-order chi connectivity index (χ0) is 14.8. The molecule has 0 aromatic heterocycles. The fraction of sp³-hybridized carbons (Fsp3) is 0.429. The third-order valence-electron chi connectivity index (χ3n) is 3.63. The number of fused-ring (bicyclic) bond motifs is 1. The molecule has 2 N–H and O–H groups in total. The van der Waals surface area contributed by atoms with Crippen molar-refractivity contribution < 1.29 is 24.2 Å². The highest BCUT2D eigenvalue weighted by Crippen LogP contribution is 2.31. The van der Waals surface area contributed by atoms with Gasteiger partial charge in [0, 0.05) is 12.1 Å². The second kappa shape index (κ2) is 5.61. The molecule has 2 aliphatic heterocycles. The Balaban J connectivity index is 1.63. The number of carboxylic acid groups (broad SMARTS) is 1. The predicted octanol–water partition coefficient (Wildman–Crippen LogP) is 0.615. The second-order valence-electron chi connectivity index (χ2n) is 4.99. The van der Waals surface area contributed by atoms with E-state index in [9.17, 15) is 9.59 Å². The molecule has 21 heavy (non-hydrogen) atoms. The molecule has 3 rings (SSSR count). The van der Waals surface area contributed by atoms with Gasteiger partial charge in [0.15, 0.2) is 6.10 Å². The van der Waals surface area contributed by atoms with Crippen molar-refractivity contribution in [2.24, 2.45) is 0 Å². The molecule has 0 spiro atoms. The number of carbonyl (C=O) groups excluding carboxylic acids is 1. The summed E-state index contributed by atoms with van der Waals surface area (Å²) < 4.78 is 10.6. The van der Waals surface area contributed by atoms with Crippen LogP contribution in [0.1, 0.15) is 11.6 Å². The molecule has 0 aliphatic carbocycles. The second-order valence-corrected chi connectivity index (χ2v) is 4.99. The van der Waals surface area contributed by atoms with Crippen molar-refractivity contribution in [1.82, 2.24) is 10.2 Å². The Bertz CT molecular complexity index is 562. The standard InChI is InChI=1S/C14H16N2O5/c17-13(18)12-7-16(5-6-20-12)14(19)15-10-8-21-11-4-2-1-3-9(10)11/h1-4,10,12H,5-8H2,(H,15,19)(H,17,18). The Labute approximate surface area is 121 Å². The molecule has 0 saturated carbocycles. The molecule has 2 heterocycles. The average molecular weight is 292 g/mol. The highest BCUT2D eigenvalue weighted by molar-refractivity contribution is 5.78. The van der Waals surface area contributed by atoms with E-state index in [-0.39, 0.29) is 25.2 Å². The van der Waals surface area contributed by atoms with E-state index in [2.05, 4.69) is 5.32 Å². The topological polar surface area (TPSA) is 88.1 Å². The molecule has 1 fully saturated rings. The van der Waals surface area contributed by atoms with E-state index in [0.717, 1.165) is 11.3 Å². The molecular weight excluding hydrogens is 276 g/mol. The van der Waals surface area contributed by atoms with Gasteiger partial charge in [0.1, 0.15) is 12.4 Å². The van der Waals surface area contributed by atoms with E-state index in [1.807, 2.05) is 24.3 Å². The van der Waals surface area contributed by atoms with Gasteiger partial charge in [-0.15, -0.1) is 0 Å². The molecule has 0 radical (unpaired) electrons. The summed E-state index contributed by atoms with van der Waals surface area (Å²) >= 11 is 0. The first-order valence-corrected chi connectivity index (χ1v) is 6.76. The maximum atomic E-state index is 12.2. The monoisotopic (exact) mass is 292 g/mol. The number of nitrogens with zero attached hydrogens (tertiary/aromatic N) is 1. The zero-order valence-corrected chi connectivity index (χ0v) is 11.3. The third-order valence-corrected chi connectivity index (χ3v) is 3.63. The Morgan fingerprint density at radius 3 is 2.95 bits per heavy atom. The Hall–Kier alpha value is -2.28. The van der Waals surface area contributed by atoms with Gasteiger partial charge in [0.2, 0.25) is 0 Å². The van der Waals surface area contributed by atoms with Crippen LogP contribution in [-0.2, 0) is 9.53 Å². The molecule has 7 nitrogen and oxygen atoms in total. The van der Waals surface area contributed by atoms with Crippen molar-refractivity contribution in [3.8, 4) is 5.75 Å². The minimum absolute atomic E-state index is 0.0520. The first-order valence-electron chi connectivity index (χ1n) is 6.76. The van der Waals surface area contributed by atoms with E-state index < -0.39 is 12.1 Å². The zero-order valence-electron chi connectivity index (χ0n) is 11.3. The van der Waals surface area contributed by atoms with Gasteiger partial charge in [-0.1, -0.05) is 18.2 Å². The molecule has 0 bridgehead atoms. The summed E-state index contributed by atoms with van der Waals surface area (Å²) in [5.74, 6) is -0.282. The number of morpholine rings is 1. The van der Waals surface area contributed by atoms with Crippen molar-refractivity contribution in [2.45, 2.75) is 12.1 Å². The predicted molar refractivity (Wildman–Crippen MR) is 72.2 cm³/mol. The van der Waals surface area contributed by atoms with Crippen molar-refractivity contribution in [2.75, 3.05) is 26.3 Å². The summed E-state index contributed by atoms with van der Waals surface area (Å²) in [6.45, 7) is 1.04. The molecule has 1 saturated heterocycles. The van der Waals surface area contributed by atoms with Crippen LogP contribution in [0.5, 0.6) is 5.75 Å². The summed E-state index contributed by atoms with van der Waals surface area (Å²) in [5.41, 5.74) is 0.939. The van der Waals surface area contributed by atoms with Crippen LogP contribution in [0, 0.1) is 0 Å². The highest BCUT2D eigenvalue weighted by Gasteiger charge is 2.31. The number of para-hydroxylation sites is 1. The molecule has 2 aliphatic rings. The number of ether oxygens (including phenoxy) is 2. The van der Waals surface area contributed by atoms with E-state index >= 15 is 0 Å². The van der Waals surface area contributed by atoms with Crippen molar-refractivity contribution in [3.05, 3.63) is 29.8 Å². The maximum absolute atomic E-state index is 12.2. The van der Waals surface area contributed by atoms with Gasteiger partial charge >= 0.3 is 12.0 Å². The summed E-state index contributed by atoms with van der Waals surface area (Å²) in [6.07, 6.45) is -0.961. The number of hydrogen-bond acceptors (Lipinski definition) is 4. The van der Waals surface area contributed by atoms with Crippen LogP contribution in [0.4, 0.5) is 4.79 Å². The maximum Gasteiger partial charge on any atom is 0.334 e. The van der Waals surface area contributed by atoms with Crippen LogP contribution in [0.3, 0.4) is 0 Å². The van der Waals surface area contributed by atoms with Crippen LogP contribution < -0.4 is 10.1 Å². The fourth-order valence-corrected chi connectivity index (χ4v) is 2.51. The Morgan fingerprint density at radius 1 is 1.33 bits per heavy atom. The van der Waals surface area contributed by atoms with Crippen molar-refractivity contribution in [1.29, 1.82) is 0 Å². The molecule has 1 aromatic rings. The largest absolute Gasteiger partial charge is 0.491 e. The van der Waals surface area contributed by atoms with E-state index in [4.69, 9.17) is 14.6 Å². The van der Waals surface area contributed by atoms with Gasteiger partial charge in [-0.25, -0.2) is 9.59 Å². The third kappa shape index (κ3) is 2.78. The molecule has 2 unspecified atom stereocenters.